The molecule has 0 aliphatic heterocycles. The second-order valence-corrected chi connectivity index (χ2v) is 6.17. The van der Waals surface area contributed by atoms with Gasteiger partial charge in [-0.15, -0.1) is 0 Å². The predicted molar refractivity (Wildman–Crippen MR) is 80.4 cm³/mol. The summed E-state index contributed by atoms with van der Waals surface area (Å²) < 4.78 is 5.43. The van der Waals surface area contributed by atoms with E-state index in [0.29, 0.717) is 6.42 Å². The first-order chi connectivity index (χ1) is 9.19. The van der Waals surface area contributed by atoms with Crippen molar-refractivity contribution >= 4 is 11.9 Å². The minimum Gasteiger partial charge on any atom is -0.459 e. The number of rotatable bonds is 8. The summed E-state index contributed by atoms with van der Waals surface area (Å²) in [7, 11) is 1.61. The van der Waals surface area contributed by atoms with Gasteiger partial charge in [-0.3, -0.25) is 9.59 Å². The van der Waals surface area contributed by atoms with Gasteiger partial charge in [-0.05, 0) is 34.1 Å². The van der Waals surface area contributed by atoms with Gasteiger partial charge in [-0.2, -0.15) is 0 Å². The molecular weight excluding hydrogens is 256 g/mol. The molecule has 0 heterocycles. The van der Waals surface area contributed by atoms with Crippen molar-refractivity contribution in [2.75, 3.05) is 7.05 Å². The standard InChI is InChI=1S/C15H30N2O3/c1-7-8-9-12(14(19)20-15(3,4)5)17-11(2)10-13(18)16-6/h11-12,17H,7-10H2,1-6H3,(H,16,18). The fourth-order valence-corrected chi connectivity index (χ4v) is 1.83. The molecule has 5 nitrogen and oxygen atoms in total. The molecule has 0 bridgehead atoms. The zero-order chi connectivity index (χ0) is 15.8. The largest absolute Gasteiger partial charge is 0.459 e. The molecule has 0 saturated heterocycles. The van der Waals surface area contributed by atoms with Crippen LogP contribution in [0.2, 0.25) is 0 Å². The molecule has 0 aliphatic carbocycles. The van der Waals surface area contributed by atoms with E-state index in [-0.39, 0.29) is 24.0 Å². The Balaban J connectivity index is 4.54. The van der Waals surface area contributed by atoms with Crippen LogP contribution in [-0.4, -0.2) is 36.6 Å². The Morgan fingerprint density at radius 1 is 1.25 bits per heavy atom. The third-order valence-corrected chi connectivity index (χ3v) is 2.79. The zero-order valence-corrected chi connectivity index (χ0v) is 13.7. The van der Waals surface area contributed by atoms with E-state index in [2.05, 4.69) is 17.6 Å². The SMILES string of the molecule is CCCCC(NC(C)CC(=O)NC)C(=O)OC(C)(C)C. The number of ether oxygens (including phenoxy) is 1. The van der Waals surface area contributed by atoms with Crippen LogP contribution in [0.3, 0.4) is 0 Å². The molecule has 2 atom stereocenters. The fourth-order valence-electron chi connectivity index (χ4n) is 1.83. The average Bonchev–Trinajstić information content (AvgIpc) is 2.31. The van der Waals surface area contributed by atoms with E-state index in [1.54, 1.807) is 7.05 Å². The zero-order valence-electron chi connectivity index (χ0n) is 13.7. The minimum atomic E-state index is -0.493. The summed E-state index contributed by atoms with van der Waals surface area (Å²) in [5, 5.41) is 5.79. The summed E-state index contributed by atoms with van der Waals surface area (Å²) in [6, 6.07) is -0.418. The Hall–Kier alpha value is -1.10. The van der Waals surface area contributed by atoms with Crippen molar-refractivity contribution in [3.05, 3.63) is 0 Å². The normalized spacial score (nSPS) is 14.5. The van der Waals surface area contributed by atoms with Crippen molar-refractivity contribution in [3.8, 4) is 0 Å². The number of carbonyl (C=O) groups is 2. The van der Waals surface area contributed by atoms with E-state index in [1.165, 1.54) is 0 Å². The van der Waals surface area contributed by atoms with Gasteiger partial charge in [0.25, 0.3) is 0 Å². The second-order valence-electron chi connectivity index (χ2n) is 6.17. The van der Waals surface area contributed by atoms with E-state index in [9.17, 15) is 9.59 Å². The summed E-state index contributed by atoms with van der Waals surface area (Å²) in [5.41, 5.74) is -0.493. The van der Waals surface area contributed by atoms with Crippen LogP contribution in [0.1, 0.15) is 60.3 Å². The Kier molecular flexibility index (Phi) is 8.46. The predicted octanol–water partition coefficient (Wildman–Crippen LogP) is 2.00. The molecule has 0 radical (unpaired) electrons. The van der Waals surface area contributed by atoms with Gasteiger partial charge in [0.15, 0.2) is 0 Å². The molecule has 5 heteroatoms. The van der Waals surface area contributed by atoms with Gasteiger partial charge in [-0.25, -0.2) is 0 Å². The van der Waals surface area contributed by atoms with Gasteiger partial charge >= 0.3 is 5.97 Å². The van der Waals surface area contributed by atoms with E-state index >= 15 is 0 Å². The molecule has 20 heavy (non-hydrogen) atoms. The summed E-state index contributed by atoms with van der Waals surface area (Å²) in [5.74, 6) is -0.280. The molecule has 1 amide bonds. The first-order valence-corrected chi connectivity index (χ1v) is 7.39. The Bertz CT molecular complexity index is 311. The van der Waals surface area contributed by atoms with Crippen LogP contribution >= 0.6 is 0 Å². The van der Waals surface area contributed by atoms with E-state index < -0.39 is 5.60 Å². The average molecular weight is 286 g/mol. The molecule has 0 spiro atoms. The highest BCUT2D eigenvalue weighted by atomic mass is 16.6. The molecule has 118 valence electrons. The first-order valence-electron chi connectivity index (χ1n) is 7.39. The molecule has 0 aromatic rings. The van der Waals surface area contributed by atoms with Gasteiger partial charge in [0, 0.05) is 19.5 Å². The number of carbonyl (C=O) groups excluding carboxylic acids is 2. The van der Waals surface area contributed by atoms with Crippen molar-refractivity contribution < 1.29 is 14.3 Å². The summed E-state index contributed by atoms with van der Waals surface area (Å²) in [6.07, 6.45) is 3.04. The van der Waals surface area contributed by atoms with E-state index in [0.717, 1.165) is 19.3 Å². The molecule has 2 N–H and O–H groups in total. The number of nitrogens with one attached hydrogen (secondary N) is 2. The summed E-state index contributed by atoms with van der Waals surface area (Å²) in [6.45, 7) is 9.56. The maximum atomic E-state index is 12.2. The van der Waals surface area contributed by atoms with Crippen LogP contribution in [0.25, 0.3) is 0 Å². The van der Waals surface area contributed by atoms with Crippen LogP contribution in [0, 0.1) is 0 Å². The Morgan fingerprint density at radius 2 is 1.85 bits per heavy atom. The first kappa shape index (κ1) is 18.9. The van der Waals surface area contributed by atoms with E-state index in [4.69, 9.17) is 4.74 Å². The number of esters is 1. The lowest BCUT2D eigenvalue weighted by molar-refractivity contribution is -0.158. The van der Waals surface area contributed by atoms with Gasteiger partial charge in [-0.1, -0.05) is 19.8 Å². The summed E-state index contributed by atoms with van der Waals surface area (Å²) in [4.78, 5) is 23.5. The highest BCUT2D eigenvalue weighted by Crippen LogP contribution is 2.12. The third kappa shape index (κ3) is 8.91. The number of hydrogen-bond donors (Lipinski definition) is 2. The van der Waals surface area contributed by atoms with Crippen LogP contribution in [0.5, 0.6) is 0 Å². The maximum Gasteiger partial charge on any atom is 0.323 e. The van der Waals surface area contributed by atoms with Gasteiger partial charge in [0.1, 0.15) is 11.6 Å². The van der Waals surface area contributed by atoms with Gasteiger partial charge in [0.2, 0.25) is 5.91 Å². The third-order valence-electron chi connectivity index (χ3n) is 2.79. The van der Waals surface area contributed by atoms with Crippen LogP contribution in [0.15, 0.2) is 0 Å². The molecule has 0 rings (SSSR count). The lowest BCUT2D eigenvalue weighted by Crippen LogP contribution is -2.46. The minimum absolute atomic E-state index is 0.0385. The highest BCUT2D eigenvalue weighted by molar-refractivity contribution is 5.77. The number of hydrogen-bond acceptors (Lipinski definition) is 4. The molecule has 0 saturated carbocycles. The van der Waals surface area contributed by atoms with Crippen LogP contribution < -0.4 is 10.6 Å². The molecule has 2 unspecified atom stereocenters. The fraction of sp³-hybridized carbons (Fsp3) is 0.867. The molecule has 0 fully saturated rings. The van der Waals surface area contributed by atoms with Crippen molar-refractivity contribution in [3.63, 3.8) is 0 Å². The van der Waals surface area contributed by atoms with Gasteiger partial charge in [0.05, 0.1) is 0 Å². The van der Waals surface area contributed by atoms with Crippen molar-refractivity contribution in [1.82, 2.24) is 10.6 Å². The van der Waals surface area contributed by atoms with Crippen LogP contribution in [-0.2, 0) is 14.3 Å². The Labute approximate surface area is 122 Å². The number of amides is 1. The second kappa shape index (κ2) is 8.95. The van der Waals surface area contributed by atoms with Crippen molar-refractivity contribution in [1.29, 1.82) is 0 Å². The lowest BCUT2D eigenvalue weighted by Gasteiger charge is -2.26. The highest BCUT2D eigenvalue weighted by Gasteiger charge is 2.26. The smallest absolute Gasteiger partial charge is 0.323 e. The maximum absolute atomic E-state index is 12.2. The Morgan fingerprint density at radius 3 is 2.30 bits per heavy atom. The summed E-state index contributed by atoms with van der Waals surface area (Å²) >= 11 is 0. The quantitative estimate of drug-likeness (QED) is 0.670. The molecule has 0 aromatic carbocycles. The topological polar surface area (TPSA) is 67.4 Å². The molecular formula is C15H30N2O3. The van der Waals surface area contributed by atoms with Crippen molar-refractivity contribution in [2.24, 2.45) is 0 Å². The lowest BCUT2D eigenvalue weighted by atomic mass is 10.1. The molecule has 0 aliphatic rings. The van der Waals surface area contributed by atoms with Crippen LogP contribution in [0.4, 0.5) is 0 Å². The van der Waals surface area contributed by atoms with Gasteiger partial charge < -0.3 is 15.4 Å². The monoisotopic (exact) mass is 286 g/mol. The van der Waals surface area contributed by atoms with E-state index in [1.807, 2.05) is 27.7 Å². The number of unbranched alkanes of at least 4 members (excludes halogenated alkanes) is 1. The van der Waals surface area contributed by atoms with Crippen molar-refractivity contribution in [2.45, 2.75) is 78.0 Å². The molecule has 0 aromatic heterocycles.